The van der Waals surface area contributed by atoms with Crippen molar-refractivity contribution in [3.8, 4) is 0 Å². The van der Waals surface area contributed by atoms with E-state index in [-0.39, 0.29) is 11.6 Å². The Kier molecular flexibility index (Phi) is 4.78. The molecule has 1 atom stereocenters. The van der Waals surface area contributed by atoms with Gasteiger partial charge in [-0.2, -0.15) is 15.3 Å². The van der Waals surface area contributed by atoms with Gasteiger partial charge in [-0.1, -0.05) is 0 Å². The molecule has 0 aliphatic carbocycles. The molecule has 0 fully saturated rings. The van der Waals surface area contributed by atoms with E-state index in [0.29, 0.717) is 12.2 Å². The number of nitro groups is 1. The largest absolute Gasteiger partial charge is 0.322 e. The summed E-state index contributed by atoms with van der Waals surface area (Å²) in [5, 5.41) is 25.7. The molecule has 1 unspecified atom stereocenters. The lowest BCUT2D eigenvalue weighted by Gasteiger charge is -2.10. The summed E-state index contributed by atoms with van der Waals surface area (Å²) in [6.07, 6.45) is 9.29. The molecule has 0 saturated carbocycles. The van der Waals surface area contributed by atoms with E-state index < -0.39 is 11.0 Å². The number of nitrogens with one attached hydrogen (secondary N) is 1. The number of carbonyl (C=O) groups excluding carboxylic acids is 1. The van der Waals surface area contributed by atoms with Crippen molar-refractivity contribution < 1.29 is 9.72 Å². The first-order valence-corrected chi connectivity index (χ1v) is 7.99. The summed E-state index contributed by atoms with van der Waals surface area (Å²) in [5.41, 5.74) is 1.38. The molecule has 11 heteroatoms. The van der Waals surface area contributed by atoms with Gasteiger partial charge >= 0.3 is 5.69 Å². The van der Waals surface area contributed by atoms with Crippen LogP contribution in [0.3, 0.4) is 0 Å². The lowest BCUT2D eigenvalue weighted by atomic mass is 10.3. The molecule has 0 aliphatic rings. The molecule has 1 amide bonds. The van der Waals surface area contributed by atoms with Crippen molar-refractivity contribution >= 4 is 17.3 Å². The maximum atomic E-state index is 12.3. The van der Waals surface area contributed by atoms with Gasteiger partial charge in [0.1, 0.15) is 18.4 Å². The molecule has 3 aromatic heterocycles. The number of aromatic nitrogens is 6. The summed E-state index contributed by atoms with van der Waals surface area (Å²) < 4.78 is 4.76. The highest BCUT2D eigenvalue weighted by atomic mass is 16.6. The Morgan fingerprint density at radius 3 is 2.62 bits per heavy atom. The van der Waals surface area contributed by atoms with Crippen molar-refractivity contribution in [2.24, 2.45) is 0 Å². The zero-order chi connectivity index (χ0) is 18.7. The zero-order valence-corrected chi connectivity index (χ0v) is 14.3. The van der Waals surface area contributed by atoms with E-state index in [2.05, 4.69) is 20.6 Å². The Balaban J connectivity index is 1.62. The SMILES string of the molecule is CCn1cc(Cn2cc(NC(=O)C(C)n3cc([N+](=O)[O-])cn3)cn2)cn1. The standard InChI is InChI=1S/C15H18N8O3/c1-3-20-7-12(4-16-20)8-21-9-13(5-17-21)19-15(24)11(2)22-10-14(6-18-22)23(25)26/h4-7,9-11H,3,8H2,1-2H3,(H,19,24). The van der Waals surface area contributed by atoms with Gasteiger partial charge in [0.05, 0.1) is 29.5 Å². The predicted molar refractivity (Wildman–Crippen MR) is 91.5 cm³/mol. The third-order valence-electron chi connectivity index (χ3n) is 3.83. The molecule has 3 rings (SSSR count). The molecule has 1 N–H and O–H groups in total. The van der Waals surface area contributed by atoms with Crippen LogP contribution in [0.15, 0.2) is 37.2 Å². The highest BCUT2D eigenvalue weighted by Crippen LogP contribution is 2.15. The lowest BCUT2D eigenvalue weighted by molar-refractivity contribution is -0.385. The number of carbonyl (C=O) groups is 1. The minimum absolute atomic E-state index is 0.162. The number of hydrogen-bond acceptors (Lipinski definition) is 6. The number of rotatable bonds is 7. The Labute approximate surface area is 148 Å². The molecule has 0 saturated heterocycles. The summed E-state index contributed by atoms with van der Waals surface area (Å²) in [5.74, 6) is -0.346. The Morgan fingerprint density at radius 1 is 1.19 bits per heavy atom. The summed E-state index contributed by atoms with van der Waals surface area (Å²) in [4.78, 5) is 22.5. The number of nitrogens with zero attached hydrogens (tertiary/aromatic N) is 7. The van der Waals surface area contributed by atoms with Gasteiger partial charge in [0, 0.05) is 24.5 Å². The van der Waals surface area contributed by atoms with E-state index in [1.54, 1.807) is 30.2 Å². The van der Waals surface area contributed by atoms with Crippen molar-refractivity contribution in [2.75, 3.05) is 5.32 Å². The normalized spacial score (nSPS) is 12.1. The second-order valence-corrected chi connectivity index (χ2v) is 5.73. The van der Waals surface area contributed by atoms with Crippen LogP contribution in [-0.2, 0) is 17.9 Å². The first-order chi connectivity index (χ1) is 12.5. The van der Waals surface area contributed by atoms with Gasteiger partial charge in [-0.05, 0) is 13.8 Å². The lowest BCUT2D eigenvalue weighted by Crippen LogP contribution is -2.23. The van der Waals surface area contributed by atoms with E-state index in [0.717, 1.165) is 18.3 Å². The van der Waals surface area contributed by atoms with Gasteiger partial charge in [0.25, 0.3) is 0 Å². The van der Waals surface area contributed by atoms with Gasteiger partial charge < -0.3 is 5.32 Å². The summed E-state index contributed by atoms with van der Waals surface area (Å²) >= 11 is 0. The average Bonchev–Trinajstić information content (AvgIpc) is 3.35. The van der Waals surface area contributed by atoms with Crippen LogP contribution in [0.2, 0.25) is 0 Å². The van der Waals surface area contributed by atoms with E-state index >= 15 is 0 Å². The minimum atomic E-state index is -0.699. The van der Waals surface area contributed by atoms with Gasteiger partial charge in [-0.3, -0.25) is 29.0 Å². The van der Waals surface area contributed by atoms with Crippen LogP contribution in [0, 0.1) is 10.1 Å². The van der Waals surface area contributed by atoms with E-state index in [9.17, 15) is 14.9 Å². The molecule has 3 heterocycles. The second-order valence-electron chi connectivity index (χ2n) is 5.73. The topological polar surface area (TPSA) is 126 Å². The number of anilines is 1. The molecule has 0 radical (unpaired) electrons. The Bertz CT molecular complexity index is 925. The Hall–Kier alpha value is -3.50. The number of aryl methyl sites for hydroxylation is 1. The highest BCUT2D eigenvalue weighted by molar-refractivity contribution is 5.93. The third kappa shape index (κ3) is 3.77. The van der Waals surface area contributed by atoms with Crippen LogP contribution in [0.1, 0.15) is 25.5 Å². The van der Waals surface area contributed by atoms with E-state index in [4.69, 9.17) is 0 Å². The van der Waals surface area contributed by atoms with Crippen molar-refractivity contribution in [3.05, 3.63) is 52.9 Å². The van der Waals surface area contributed by atoms with Crippen LogP contribution in [0.4, 0.5) is 11.4 Å². The smallest absolute Gasteiger partial charge is 0.307 e. The first kappa shape index (κ1) is 17.3. The fourth-order valence-corrected chi connectivity index (χ4v) is 2.36. The molecule has 11 nitrogen and oxygen atoms in total. The third-order valence-corrected chi connectivity index (χ3v) is 3.83. The van der Waals surface area contributed by atoms with Crippen molar-refractivity contribution in [2.45, 2.75) is 33.0 Å². The van der Waals surface area contributed by atoms with Crippen molar-refractivity contribution in [3.63, 3.8) is 0 Å². The average molecular weight is 358 g/mol. The fraction of sp³-hybridized carbons (Fsp3) is 0.333. The molecule has 136 valence electrons. The highest BCUT2D eigenvalue weighted by Gasteiger charge is 2.19. The molecule has 26 heavy (non-hydrogen) atoms. The quantitative estimate of drug-likeness (QED) is 0.503. The van der Waals surface area contributed by atoms with Crippen LogP contribution in [0.25, 0.3) is 0 Å². The van der Waals surface area contributed by atoms with Crippen LogP contribution in [0.5, 0.6) is 0 Å². The van der Waals surface area contributed by atoms with E-state index in [1.165, 1.54) is 10.9 Å². The summed E-state index contributed by atoms with van der Waals surface area (Å²) in [7, 11) is 0. The molecule has 3 aromatic rings. The van der Waals surface area contributed by atoms with Crippen LogP contribution in [-0.4, -0.2) is 40.2 Å². The van der Waals surface area contributed by atoms with Gasteiger partial charge in [-0.15, -0.1) is 0 Å². The minimum Gasteiger partial charge on any atom is -0.322 e. The fourth-order valence-electron chi connectivity index (χ4n) is 2.36. The van der Waals surface area contributed by atoms with Crippen molar-refractivity contribution in [1.82, 2.24) is 29.3 Å². The number of hydrogen-bond donors (Lipinski definition) is 1. The van der Waals surface area contributed by atoms with Crippen LogP contribution >= 0.6 is 0 Å². The van der Waals surface area contributed by atoms with Gasteiger partial charge in [0.2, 0.25) is 5.91 Å². The zero-order valence-electron chi connectivity index (χ0n) is 14.3. The monoisotopic (exact) mass is 358 g/mol. The first-order valence-electron chi connectivity index (χ1n) is 7.99. The molecular formula is C15H18N8O3. The van der Waals surface area contributed by atoms with Crippen molar-refractivity contribution in [1.29, 1.82) is 0 Å². The second kappa shape index (κ2) is 7.17. The molecular weight excluding hydrogens is 340 g/mol. The Morgan fingerprint density at radius 2 is 1.96 bits per heavy atom. The number of amides is 1. The summed E-state index contributed by atoms with van der Waals surface area (Å²) in [6.45, 7) is 4.95. The van der Waals surface area contributed by atoms with Crippen LogP contribution < -0.4 is 5.32 Å². The van der Waals surface area contributed by atoms with E-state index in [1.807, 2.05) is 17.8 Å². The summed E-state index contributed by atoms with van der Waals surface area (Å²) in [6, 6.07) is -0.699. The van der Waals surface area contributed by atoms with Gasteiger partial charge in [-0.25, -0.2) is 0 Å². The van der Waals surface area contributed by atoms with Gasteiger partial charge in [0.15, 0.2) is 0 Å². The molecule has 0 bridgehead atoms. The maximum Gasteiger partial charge on any atom is 0.307 e. The molecule has 0 aromatic carbocycles. The predicted octanol–water partition coefficient (Wildman–Crippen LogP) is 1.45. The molecule has 0 aliphatic heterocycles. The maximum absolute atomic E-state index is 12.3. The molecule has 0 spiro atoms.